The number of para-hydroxylation sites is 1. The number of aromatic nitrogens is 3. The molecule has 0 unspecified atom stereocenters. The number of hydrogen-bond donors (Lipinski definition) is 1. The summed E-state index contributed by atoms with van der Waals surface area (Å²) in [5.41, 5.74) is 2.46. The van der Waals surface area contributed by atoms with Crippen molar-refractivity contribution >= 4 is 22.5 Å². The van der Waals surface area contributed by atoms with E-state index in [4.69, 9.17) is 9.84 Å². The van der Waals surface area contributed by atoms with E-state index in [0.29, 0.717) is 17.2 Å². The number of carboxylic acid groups (broad SMARTS) is 1. The van der Waals surface area contributed by atoms with Crippen LogP contribution in [0.25, 0.3) is 16.6 Å². The minimum Gasteiger partial charge on any atom is -0.495 e. The average Bonchev–Trinajstić information content (AvgIpc) is 2.80. The summed E-state index contributed by atoms with van der Waals surface area (Å²) in [5.74, 6) is 0.118. The summed E-state index contributed by atoms with van der Waals surface area (Å²) in [5, 5.41) is 18.0. The van der Waals surface area contributed by atoms with Crippen LogP contribution in [0.2, 0.25) is 0 Å². The van der Waals surface area contributed by atoms with E-state index in [9.17, 15) is 4.79 Å². The van der Waals surface area contributed by atoms with E-state index in [0.717, 1.165) is 16.5 Å². The van der Waals surface area contributed by atoms with E-state index >= 15 is 0 Å². The molecule has 102 valence electrons. The van der Waals surface area contributed by atoms with Gasteiger partial charge >= 0.3 is 5.97 Å². The van der Waals surface area contributed by atoms with Crippen molar-refractivity contribution in [2.45, 2.75) is 13.3 Å². The molecule has 2 heterocycles. The lowest BCUT2D eigenvalue weighted by Crippen LogP contribution is -2.06. The number of hydrogen-bond acceptors (Lipinski definition) is 4. The van der Waals surface area contributed by atoms with Gasteiger partial charge < -0.3 is 9.84 Å². The van der Waals surface area contributed by atoms with Crippen molar-refractivity contribution in [2.75, 3.05) is 7.11 Å². The molecule has 20 heavy (non-hydrogen) atoms. The molecular formula is C14H13N3O3. The van der Waals surface area contributed by atoms with Crippen LogP contribution < -0.4 is 4.74 Å². The maximum atomic E-state index is 11.0. The fourth-order valence-corrected chi connectivity index (χ4v) is 2.42. The Balaban J connectivity index is 2.47. The van der Waals surface area contributed by atoms with Crippen LogP contribution in [0.1, 0.15) is 11.4 Å². The summed E-state index contributed by atoms with van der Waals surface area (Å²) in [6.45, 7) is 1.98. The highest BCUT2D eigenvalue weighted by Gasteiger charge is 2.16. The first-order valence-electron chi connectivity index (χ1n) is 6.14. The van der Waals surface area contributed by atoms with Crippen LogP contribution in [-0.4, -0.2) is 32.8 Å². The molecule has 0 aliphatic carbocycles. The maximum Gasteiger partial charge on any atom is 0.311 e. The zero-order chi connectivity index (χ0) is 14.3. The smallest absolute Gasteiger partial charge is 0.311 e. The van der Waals surface area contributed by atoms with Gasteiger partial charge in [-0.3, -0.25) is 9.20 Å². The van der Waals surface area contributed by atoms with Crippen LogP contribution in [0.4, 0.5) is 0 Å². The van der Waals surface area contributed by atoms with Crippen molar-refractivity contribution in [3.05, 3.63) is 35.7 Å². The van der Waals surface area contributed by atoms with Crippen LogP contribution in [0.5, 0.6) is 5.75 Å². The third-order valence-corrected chi connectivity index (χ3v) is 3.28. The largest absolute Gasteiger partial charge is 0.495 e. The van der Waals surface area contributed by atoms with Crippen molar-refractivity contribution in [1.29, 1.82) is 0 Å². The summed E-state index contributed by atoms with van der Waals surface area (Å²) in [7, 11) is 1.59. The highest BCUT2D eigenvalue weighted by molar-refractivity contribution is 5.90. The first-order valence-corrected chi connectivity index (χ1v) is 6.14. The predicted octanol–water partition coefficient (Wildman–Crippen LogP) is 1.83. The molecule has 3 rings (SSSR count). The van der Waals surface area contributed by atoms with Crippen LogP contribution >= 0.6 is 0 Å². The second kappa shape index (κ2) is 4.48. The van der Waals surface area contributed by atoms with Gasteiger partial charge in [0, 0.05) is 5.39 Å². The Kier molecular flexibility index (Phi) is 2.78. The highest BCUT2D eigenvalue weighted by Crippen LogP contribution is 2.29. The first-order chi connectivity index (χ1) is 9.61. The van der Waals surface area contributed by atoms with Gasteiger partial charge in [-0.1, -0.05) is 12.1 Å². The van der Waals surface area contributed by atoms with Crippen LogP contribution in [0, 0.1) is 6.92 Å². The van der Waals surface area contributed by atoms with Crippen molar-refractivity contribution in [3.8, 4) is 5.75 Å². The third kappa shape index (κ3) is 1.77. The van der Waals surface area contributed by atoms with Crippen LogP contribution in [0.3, 0.4) is 0 Å². The monoisotopic (exact) mass is 271 g/mol. The Morgan fingerprint density at radius 2 is 2.20 bits per heavy atom. The van der Waals surface area contributed by atoms with Crippen molar-refractivity contribution in [1.82, 2.24) is 14.6 Å². The average molecular weight is 271 g/mol. The number of ether oxygens (including phenoxy) is 1. The van der Waals surface area contributed by atoms with E-state index < -0.39 is 5.97 Å². The summed E-state index contributed by atoms with van der Waals surface area (Å²) in [4.78, 5) is 11.0. The number of aliphatic carboxylic acids is 1. The molecule has 0 radical (unpaired) electrons. The molecule has 1 aromatic carbocycles. The van der Waals surface area contributed by atoms with Crippen LogP contribution in [-0.2, 0) is 11.2 Å². The van der Waals surface area contributed by atoms with Crippen LogP contribution in [0.15, 0.2) is 24.3 Å². The fourth-order valence-electron chi connectivity index (χ4n) is 2.42. The molecule has 0 aliphatic rings. The molecule has 0 spiro atoms. The number of fused-ring (bicyclic) bond motifs is 3. The normalized spacial score (nSPS) is 11.1. The SMILES string of the molecule is COc1cccc2c(C)cc3nnc(CC(=O)O)n3c12. The third-order valence-electron chi connectivity index (χ3n) is 3.28. The fraction of sp³-hybridized carbons (Fsp3) is 0.214. The second-order valence-corrected chi connectivity index (χ2v) is 4.56. The number of benzene rings is 1. The number of nitrogens with zero attached hydrogens (tertiary/aromatic N) is 3. The molecule has 6 heteroatoms. The quantitative estimate of drug-likeness (QED) is 0.786. The van der Waals surface area contributed by atoms with E-state index in [-0.39, 0.29) is 6.42 Å². The zero-order valence-corrected chi connectivity index (χ0v) is 11.1. The molecule has 6 nitrogen and oxygen atoms in total. The van der Waals surface area contributed by atoms with Gasteiger partial charge in [0.05, 0.1) is 12.6 Å². The maximum absolute atomic E-state index is 11.0. The van der Waals surface area contributed by atoms with E-state index in [1.165, 1.54) is 0 Å². The minimum absolute atomic E-state index is 0.183. The Hall–Kier alpha value is -2.63. The standard InChI is InChI=1S/C14H13N3O3/c1-8-6-11-15-16-12(7-13(18)19)17(11)14-9(8)4-3-5-10(14)20-2/h3-6H,7H2,1-2H3,(H,18,19). The number of rotatable bonds is 3. The summed E-state index contributed by atoms with van der Waals surface area (Å²) < 4.78 is 7.14. The van der Waals surface area contributed by atoms with Gasteiger partial charge in [-0.05, 0) is 24.6 Å². The summed E-state index contributed by atoms with van der Waals surface area (Å²) >= 11 is 0. The molecule has 0 saturated carbocycles. The Bertz CT molecular complexity index is 823. The number of methoxy groups -OCH3 is 1. The summed E-state index contributed by atoms with van der Waals surface area (Å²) in [6.07, 6.45) is -0.183. The number of carboxylic acids is 1. The zero-order valence-electron chi connectivity index (χ0n) is 11.1. The molecule has 0 amide bonds. The Morgan fingerprint density at radius 3 is 2.90 bits per heavy atom. The minimum atomic E-state index is -0.942. The number of aryl methyl sites for hydroxylation is 1. The highest BCUT2D eigenvalue weighted by atomic mass is 16.5. The molecule has 0 saturated heterocycles. The summed E-state index contributed by atoms with van der Waals surface area (Å²) in [6, 6.07) is 7.60. The van der Waals surface area contributed by atoms with Crippen molar-refractivity contribution < 1.29 is 14.6 Å². The van der Waals surface area contributed by atoms with Gasteiger partial charge in [-0.25, -0.2) is 0 Å². The Morgan fingerprint density at radius 1 is 1.40 bits per heavy atom. The van der Waals surface area contributed by atoms with Gasteiger partial charge in [0.25, 0.3) is 0 Å². The molecule has 2 aromatic heterocycles. The first kappa shape index (κ1) is 12.4. The van der Waals surface area contributed by atoms with Crippen molar-refractivity contribution in [2.24, 2.45) is 0 Å². The lowest BCUT2D eigenvalue weighted by atomic mass is 10.1. The van der Waals surface area contributed by atoms with E-state index in [2.05, 4.69) is 10.2 Å². The molecule has 0 bridgehead atoms. The Labute approximate surface area is 114 Å². The lowest BCUT2D eigenvalue weighted by Gasteiger charge is -2.10. The molecule has 3 aromatic rings. The molecule has 0 atom stereocenters. The number of pyridine rings is 1. The molecule has 0 aliphatic heterocycles. The van der Waals surface area contributed by atoms with Gasteiger partial charge in [0.2, 0.25) is 0 Å². The van der Waals surface area contributed by atoms with Crippen molar-refractivity contribution in [3.63, 3.8) is 0 Å². The molecule has 0 fully saturated rings. The van der Waals surface area contributed by atoms with E-state index in [1.807, 2.05) is 31.2 Å². The number of carbonyl (C=O) groups is 1. The topological polar surface area (TPSA) is 76.7 Å². The second-order valence-electron chi connectivity index (χ2n) is 4.56. The predicted molar refractivity (Wildman–Crippen MR) is 73.1 cm³/mol. The van der Waals surface area contributed by atoms with Gasteiger partial charge in [-0.2, -0.15) is 0 Å². The van der Waals surface area contributed by atoms with Gasteiger partial charge in [-0.15, -0.1) is 10.2 Å². The van der Waals surface area contributed by atoms with E-state index in [1.54, 1.807) is 11.5 Å². The lowest BCUT2D eigenvalue weighted by molar-refractivity contribution is -0.136. The van der Waals surface area contributed by atoms with Gasteiger partial charge in [0.15, 0.2) is 5.65 Å². The molecule has 1 N–H and O–H groups in total. The molecular weight excluding hydrogens is 258 g/mol. The van der Waals surface area contributed by atoms with Gasteiger partial charge in [0.1, 0.15) is 18.0 Å².